The lowest BCUT2D eigenvalue weighted by Gasteiger charge is -2.29. The van der Waals surface area contributed by atoms with Crippen LogP contribution >= 0.6 is 0 Å². The van der Waals surface area contributed by atoms with Crippen molar-refractivity contribution >= 4 is 18.1 Å². The molecule has 9 aliphatic heterocycles. The Balaban J connectivity index is 0.000000110. The van der Waals surface area contributed by atoms with Gasteiger partial charge in [0, 0.05) is 90.8 Å². The van der Waals surface area contributed by atoms with E-state index in [9.17, 15) is 14.4 Å². The summed E-state index contributed by atoms with van der Waals surface area (Å²) in [4.78, 5) is 48.1. The van der Waals surface area contributed by atoms with Gasteiger partial charge in [-0.15, -0.1) is 0 Å². The summed E-state index contributed by atoms with van der Waals surface area (Å²) in [5, 5.41) is 22.6. The third-order valence-corrected chi connectivity index (χ3v) is 15.2. The molecule has 0 radical (unpaired) electrons. The number of hydrogen-bond acceptors (Lipinski definition) is 12. The maximum atomic E-state index is 12.2. The second-order valence-corrected chi connectivity index (χ2v) is 18.9. The summed E-state index contributed by atoms with van der Waals surface area (Å²) < 4.78 is 16.5. The van der Waals surface area contributed by atoms with E-state index in [0.717, 1.165) is 157 Å². The number of aromatic nitrogens is 3. The molecule has 6 amide bonds. The van der Waals surface area contributed by atoms with Crippen LogP contribution in [0.1, 0.15) is 110 Å². The van der Waals surface area contributed by atoms with Crippen molar-refractivity contribution in [3.05, 3.63) is 52.6 Å². The van der Waals surface area contributed by atoms with Crippen molar-refractivity contribution in [3.8, 4) is 0 Å². The second kappa shape index (κ2) is 16.9. The van der Waals surface area contributed by atoms with Crippen LogP contribution in [0, 0.1) is 11.8 Å². The smallest absolute Gasteiger partial charge is 0.320 e. The molecule has 1 unspecified atom stereocenters. The van der Waals surface area contributed by atoms with Crippen LogP contribution in [0.5, 0.6) is 0 Å². The summed E-state index contributed by atoms with van der Waals surface area (Å²) in [6.45, 7) is 8.83. The molecule has 18 heteroatoms. The summed E-state index contributed by atoms with van der Waals surface area (Å²) in [7, 11) is 5.69. The molecule has 0 spiro atoms. The predicted molar refractivity (Wildman–Crippen MR) is 221 cm³/mol. The lowest BCUT2D eigenvalue weighted by Crippen LogP contribution is -2.42. The Labute approximate surface area is 357 Å². The number of likely N-dealkylation sites (N-methyl/N-ethyl adjacent to an activating group) is 3. The van der Waals surface area contributed by atoms with Gasteiger partial charge in [0.1, 0.15) is 34.4 Å². The van der Waals surface area contributed by atoms with Crippen LogP contribution in [0.2, 0.25) is 0 Å². The molecule has 7 atom stereocenters. The Bertz CT molecular complexity index is 2040. The fraction of sp³-hybridized carbons (Fsp3) is 0.721. The molecule has 330 valence electrons. The zero-order chi connectivity index (χ0) is 41.8. The Morgan fingerprint density at radius 3 is 1.51 bits per heavy atom. The van der Waals surface area contributed by atoms with Crippen molar-refractivity contribution in [3.63, 3.8) is 0 Å². The van der Waals surface area contributed by atoms with Crippen molar-refractivity contribution in [2.45, 2.75) is 106 Å². The molecule has 9 aliphatic rings. The molecule has 0 saturated carbocycles. The monoisotopic (exact) mass is 842 g/mol. The van der Waals surface area contributed by atoms with E-state index in [1.54, 1.807) is 0 Å². The minimum atomic E-state index is 0.0953. The largest absolute Gasteiger partial charge is 0.361 e. The summed E-state index contributed by atoms with van der Waals surface area (Å²) >= 11 is 0. The first kappa shape index (κ1) is 40.4. The molecular weight excluding hydrogens is 781 g/mol. The van der Waals surface area contributed by atoms with Gasteiger partial charge < -0.3 is 58.9 Å². The van der Waals surface area contributed by atoms with Gasteiger partial charge in [0.2, 0.25) is 0 Å². The van der Waals surface area contributed by atoms with Crippen molar-refractivity contribution in [1.29, 1.82) is 0 Å². The van der Waals surface area contributed by atoms with Crippen molar-refractivity contribution < 1.29 is 28.0 Å². The SMILES string of the molecule is CN1C(=O)N2C[C@H]1CC[C@H]2c1cc(C2CNC2)on1.CN1C(=O)N2C[C@H]1CC[C@H]2c1cc(CC2CCNC2)on1.CN1C(=O)N2C[C@H]1CC[C@H]2c1cc(CCC2CNC2)on1. The van der Waals surface area contributed by atoms with Crippen LogP contribution < -0.4 is 16.0 Å². The van der Waals surface area contributed by atoms with E-state index in [4.69, 9.17) is 13.6 Å². The zero-order valence-electron chi connectivity index (χ0n) is 35.8. The highest BCUT2D eigenvalue weighted by Crippen LogP contribution is 2.40. The Morgan fingerprint density at radius 1 is 0.557 bits per heavy atom. The predicted octanol–water partition coefficient (Wildman–Crippen LogP) is 3.73. The van der Waals surface area contributed by atoms with Crippen LogP contribution in [-0.2, 0) is 12.8 Å². The summed E-state index contributed by atoms with van der Waals surface area (Å²) in [5.41, 5.74) is 2.78. The first-order valence-electron chi connectivity index (χ1n) is 22.8. The van der Waals surface area contributed by atoms with E-state index in [0.29, 0.717) is 30.0 Å². The number of carbonyl (C=O) groups excluding carboxylic acids is 3. The van der Waals surface area contributed by atoms with E-state index in [1.165, 1.54) is 6.42 Å². The molecule has 9 fully saturated rings. The van der Waals surface area contributed by atoms with Gasteiger partial charge in [-0.2, -0.15) is 0 Å². The average molecular weight is 843 g/mol. The van der Waals surface area contributed by atoms with E-state index in [-0.39, 0.29) is 36.2 Å². The number of rotatable bonds is 9. The van der Waals surface area contributed by atoms with Crippen molar-refractivity contribution in [2.24, 2.45) is 11.8 Å². The highest BCUT2D eigenvalue weighted by molar-refractivity contribution is 5.79. The van der Waals surface area contributed by atoms with Crippen LogP contribution in [0.15, 0.2) is 31.8 Å². The molecule has 61 heavy (non-hydrogen) atoms. The Morgan fingerprint density at radius 2 is 1.03 bits per heavy atom. The molecule has 0 aromatic carbocycles. The molecular formula is C43H62N12O6. The van der Waals surface area contributed by atoms with Crippen LogP contribution in [0.3, 0.4) is 0 Å². The number of fused-ring (bicyclic) bond motifs is 6. The molecule has 3 aromatic rings. The van der Waals surface area contributed by atoms with Gasteiger partial charge in [-0.05, 0) is 89.4 Å². The molecule has 0 aliphatic carbocycles. The van der Waals surface area contributed by atoms with E-state index in [2.05, 4.69) is 43.6 Å². The fourth-order valence-corrected chi connectivity index (χ4v) is 10.8. The van der Waals surface area contributed by atoms with E-state index in [1.807, 2.05) is 56.6 Å². The lowest BCUT2D eigenvalue weighted by molar-refractivity contribution is 0.176. The molecule has 18 nitrogen and oxygen atoms in total. The molecule has 6 bridgehead atoms. The zero-order valence-corrected chi connectivity index (χ0v) is 35.8. The topological polar surface area (TPSA) is 185 Å². The van der Waals surface area contributed by atoms with E-state index < -0.39 is 0 Å². The fourth-order valence-electron chi connectivity index (χ4n) is 10.8. The first-order chi connectivity index (χ1) is 29.7. The molecule has 12 heterocycles. The van der Waals surface area contributed by atoms with E-state index >= 15 is 0 Å². The number of nitrogens with zero attached hydrogens (tertiary/aromatic N) is 9. The van der Waals surface area contributed by atoms with Gasteiger partial charge >= 0.3 is 18.1 Å². The molecule has 9 saturated heterocycles. The van der Waals surface area contributed by atoms with Crippen LogP contribution in [-0.4, -0.2) is 161 Å². The number of nitrogens with one attached hydrogen (secondary N) is 3. The third-order valence-electron chi connectivity index (χ3n) is 15.2. The Kier molecular flexibility index (Phi) is 11.2. The van der Waals surface area contributed by atoms with Crippen LogP contribution in [0.25, 0.3) is 0 Å². The number of urea groups is 3. The highest BCUT2D eigenvalue weighted by atomic mass is 16.5. The first-order valence-corrected chi connectivity index (χ1v) is 22.8. The van der Waals surface area contributed by atoms with Gasteiger partial charge in [0.25, 0.3) is 0 Å². The summed E-state index contributed by atoms with van der Waals surface area (Å²) in [5.74, 6) is 4.76. The molecule has 12 rings (SSSR count). The maximum Gasteiger partial charge on any atom is 0.320 e. The standard InChI is InChI=1S/2C15H22N4O2.C13H18N4O2/c1-18-11-3-5-14(19(9-11)15(18)20)13-6-12(21-17-13)4-2-10-7-16-8-10;1-18-11-2-3-14(19(9-11)15(18)20)13-7-12(21-17-13)6-10-4-5-16-8-10;1-16-9-2-3-11(17(7-9)13(16)18)10-4-12(19-15-10)8-5-14-6-8/h6,10-11,14,16H,2-5,7-9H2,1H3;7,10-11,14,16H,2-6,8-9H2,1H3;4,8-9,11,14H,2-3,5-7H2,1H3/t11-,14+;10?,11-,14+;9-,11+/m111/s1. The molecule has 3 aromatic heterocycles. The van der Waals surface area contributed by atoms with Crippen molar-refractivity contribution in [1.82, 2.24) is 60.8 Å². The number of amides is 6. The quantitative estimate of drug-likeness (QED) is 0.284. The number of aryl methyl sites for hydroxylation is 1. The third kappa shape index (κ3) is 7.88. The van der Waals surface area contributed by atoms with Crippen molar-refractivity contribution in [2.75, 3.05) is 80.0 Å². The number of carbonyl (C=O) groups is 3. The average Bonchev–Trinajstić information content (AvgIpc) is 4.13. The second-order valence-electron chi connectivity index (χ2n) is 18.9. The number of piperidine rings is 3. The van der Waals surface area contributed by atoms with Gasteiger partial charge in [0.15, 0.2) is 0 Å². The van der Waals surface area contributed by atoms with Gasteiger partial charge in [0.05, 0.1) is 36.3 Å². The maximum absolute atomic E-state index is 12.2. The number of hydrogen-bond donors (Lipinski definition) is 3. The minimum absolute atomic E-state index is 0.0953. The minimum Gasteiger partial charge on any atom is -0.361 e. The summed E-state index contributed by atoms with van der Waals surface area (Å²) in [6.07, 6.45) is 10.4. The highest BCUT2D eigenvalue weighted by Gasteiger charge is 2.46. The summed E-state index contributed by atoms with van der Waals surface area (Å²) in [6, 6.07) is 7.99. The normalized spacial score (nSPS) is 30.7. The van der Waals surface area contributed by atoms with Gasteiger partial charge in [-0.3, -0.25) is 0 Å². The Hall–Kier alpha value is -4.68. The molecule has 3 N–H and O–H groups in total. The van der Waals surface area contributed by atoms with Gasteiger partial charge in [-0.25, -0.2) is 14.4 Å². The van der Waals surface area contributed by atoms with Crippen LogP contribution in [0.4, 0.5) is 14.4 Å². The lowest BCUT2D eigenvalue weighted by atomic mass is 9.95. The van der Waals surface area contributed by atoms with Gasteiger partial charge in [-0.1, -0.05) is 15.5 Å².